The maximum Gasteiger partial charge on any atom is 0.271 e. The van der Waals surface area contributed by atoms with Crippen molar-refractivity contribution in [2.45, 2.75) is 16.0 Å². The Hall–Kier alpha value is -1.43. The molecule has 0 atom stereocenters. The van der Waals surface area contributed by atoms with Crippen molar-refractivity contribution < 1.29 is 21.6 Å². The lowest BCUT2D eigenvalue weighted by Crippen LogP contribution is -2.28. The van der Waals surface area contributed by atoms with Crippen LogP contribution in [0, 0.1) is 0 Å². The number of hydrogen-bond acceptors (Lipinski definition) is 6. The van der Waals surface area contributed by atoms with Crippen LogP contribution in [0.2, 0.25) is 0 Å². The molecule has 0 spiro atoms. The Labute approximate surface area is 146 Å². The molecule has 1 aromatic carbocycles. The summed E-state index contributed by atoms with van der Waals surface area (Å²) in [5, 5.41) is 0. The van der Waals surface area contributed by atoms with Gasteiger partial charge in [-0.1, -0.05) is 0 Å². The molecule has 7 nitrogen and oxygen atoms in total. The number of hydrogen-bond donors (Lipinski definition) is 2. The van der Waals surface area contributed by atoms with E-state index < -0.39 is 26.0 Å². The standard InChI is InChI=1S/C12H11BrN2O5S3/c1-8(16)14-22(17,18)10-4-2-9(3-5-10)15-23(19,20)12-7-6-11(13)21-12/h2-7,15H,1H3,(H,14,16). The van der Waals surface area contributed by atoms with E-state index in [1.165, 1.54) is 30.3 Å². The predicted octanol–water partition coefficient (Wildman–Crippen LogP) is 2.14. The van der Waals surface area contributed by atoms with Gasteiger partial charge >= 0.3 is 0 Å². The monoisotopic (exact) mass is 438 g/mol. The number of amides is 1. The second-order valence-electron chi connectivity index (χ2n) is 4.35. The van der Waals surface area contributed by atoms with Crippen molar-refractivity contribution in [1.29, 1.82) is 0 Å². The summed E-state index contributed by atoms with van der Waals surface area (Å²) >= 11 is 4.24. The van der Waals surface area contributed by atoms with E-state index in [4.69, 9.17) is 0 Å². The van der Waals surface area contributed by atoms with E-state index in [1.807, 2.05) is 4.72 Å². The lowest BCUT2D eigenvalue weighted by atomic mass is 10.3. The highest BCUT2D eigenvalue weighted by Crippen LogP contribution is 2.27. The number of carbonyl (C=O) groups excluding carboxylic acids is 1. The molecule has 0 aliphatic heterocycles. The first-order valence-corrected chi connectivity index (χ1v) is 10.6. The summed E-state index contributed by atoms with van der Waals surface area (Å²) in [5.41, 5.74) is 0.205. The van der Waals surface area contributed by atoms with Crippen molar-refractivity contribution in [3.8, 4) is 0 Å². The molecule has 1 aromatic heterocycles. The van der Waals surface area contributed by atoms with Crippen molar-refractivity contribution in [2.75, 3.05) is 4.72 Å². The molecule has 0 radical (unpaired) electrons. The van der Waals surface area contributed by atoms with Crippen LogP contribution in [0.3, 0.4) is 0 Å². The van der Waals surface area contributed by atoms with Crippen molar-refractivity contribution in [1.82, 2.24) is 4.72 Å². The zero-order valence-corrected chi connectivity index (χ0v) is 15.6. The molecule has 0 aliphatic rings. The largest absolute Gasteiger partial charge is 0.279 e. The maximum atomic E-state index is 12.1. The number of carbonyl (C=O) groups is 1. The molecular formula is C12H11BrN2O5S3. The van der Waals surface area contributed by atoms with Crippen LogP contribution < -0.4 is 9.44 Å². The van der Waals surface area contributed by atoms with Crippen LogP contribution in [-0.2, 0) is 24.8 Å². The van der Waals surface area contributed by atoms with Crippen LogP contribution >= 0.6 is 27.3 Å². The molecule has 1 amide bonds. The number of halogens is 1. The summed E-state index contributed by atoms with van der Waals surface area (Å²) in [7, 11) is -7.69. The zero-order chi connectivity index (χ0) is 17.3. The third-order valence-electron chi connectivity index (χ3n) is 2.51. The quantitative estimate of drug-likeness (QED) is 0.742. The van der Waals surface area contributed by atoms with Gasteiger partial charge < -0.3 is 0 Å². The van der Waals surface area contributed by atoms with Crippen molar-refractivity contribution >= 4 is 58.9 Å². The van der Waals surface area contributed by atoms with E-state index in [1.54, 1.807) is 6.07 Å². The molecule has 0 saturated heterocycles. The van der Waals surface area contributed by atoms with E-state index in [-0.39, 0.29) is 14.8 Å². The highest BCUT2D eigenvalue weighted by Gasteiger charge is 2.18. The van der Waals surface area contributed by atoms with E-state index >= 15 is 0 Å². The molecule has 1 heterocycles. The maximum absolute atomic E-state index is 12.1. The van der Waals surface area contributed by atoms with Gasteiger partial charge in [-0.05, 0) is 52.3 Å². The molecule has 124 valence electrons. The van der Waals surface area contributed by atoms with Crippen LogP contribution in [0.4, 0.5) is 5.69 Å². The lowest BCUT2D eigenvalue weighted by molar-refractivity contribution is -0.117. The third-order valence-corrected chi connectivity index (χ3v) is 7.45. The van der Waals surface area contributed by atoms with E-state index in [0.29, 0.717) is 3.79 Å². The Morgan fingerprint density at radius 3 is 2.09 bits per heavy atom. The molecule has 0 bridgehead atoms. The Bertz CT molecular complexity index is 933. The highest BCUT2D eigenvalue weighted by atomic mass is 79.9. The van der Waals surface area contributed by atoms with Gasteiger partial charge in [-0.25, -0.2) is 21.6 Å². The van der Waals surface area contributed by atoms with Gasteiger partial charge in [0.05, 0.1) is 8.68 Å². The highest BCUT2D eigenvalue weighted by molar-refractivity contribution is 9.11. The van der Waals surface area contributed by atoms with Crippen LogP contribution in [0.5, 0.6) is 0 Å². The first kappa shape index (κ1) is 17.9. The number of sulfonamides is 2. The average Bonchev–Trinajstić information content (AvgIpc) is 2.85. The fraction of sp³-hybridized carbons (Fsp3) is 0.0833. The molecule has 23 heavy (non-hydrogen) atoms. The van der Waals surface area contributed by atoms with Gasteiger partial charge in [0.15, 0.2) is 0 Å². The number of benzene rings is 1. The Kier molecular flexibility index (Phi) is 5.14. The van der Waals surface area contributed by atoms with Crippen molar-refractivity contribution in [2.24, 2.45) is 0 Å². The van der Waals surface area contributed by atoms with Gasteiger partial charge in [-0.3, -0.25) is 9.52 Å². The fourth-order valence-corrected chi connectivity index (χ4v) is 5.66. The summed E-state index contributed by atoms with van der Waals surface area (Å²) in [6, 6.07) is 8.07. The second kappa shape index (κ2) is 6.59. The van der Waals surface area contributed by atoms with Gasteiger partial charge in [-0.2, -0.15) is 0 Å². The molecule has 0 saturated carbocycles. The normalized spacial score (nSPS) is 11.9. The molecule has 0 aliphatic carbocycles. The third kappa shape index (κ3) is 4.53. The second-order valence-corrected chi connectivity index (χ2v) is 10.4. The molecule has 2 N–H and O–H groups in total. The molecule has 0 unspecified atom stereocenters. The number of nitrogens with one attached hydrogen (secondary N) is 2. The SMILES string of the molecule is CC(=O)NS(=O)(=O)c1ccc(NS(=O)(=O)c2ccc(Br)s2)cc1. The molecule has 2 aromatic rings. The summed E-state index contributed by atoms with van der Waals surface area (Å²) in [6.45, 7) is 1.08. The summed E-state index contributed by atoms with van der Waals surface area (Å²) in [6.07, 6.45) is 0. The Morgan fingerprint density at radius 2 is 1.61 bits per heavy atom. The molecule has 11 heteroatoms. The van der Waals surface area contributed by atoms with Crippen LogP contribution in [-0.4, -0.2) is 22.7 Å². The van der Waals surface area contributed by atoms with Gasteiger partial charge in [0.1, 0.15) is 4.21 Å². The van der Waals surface area contributed by atoms with E-state index in [9.17, 15) is 21.6 Å². The minimum atomic E-state index is -3.95. The molecule has 2 rings (SSSR count). The van der Waals surface area contributed by atoms with E-state index in [0.717, 1.165) is 18.3 Å². The van der Waals surface area contributed by atoms with Crippen molar-refractivity contribution in [3.05, 3.63) is 40.2 Å². The number of anilines is 1. The smallest absolute Gasteiger partial charge is 0.271 e. The first-order valence-electron chi connectivity index (χ1n) is 6.02. The van der Waals surface area contributed by atoms with Gasteiger partial charge in [-0.15, -0.1) is 11.3 Å². The number of thiophene rings is 1. The van der Waals surface area contributed by atoms with Crippen LogP contribution in [0.15, 0.2) is 49.3 Å². The minimum absolute atomic E-state index is 0.124. The zero-order valence-electron chi connectivity index (χ0n) is 11.6. The summed E-state index contributed by atoms with van der Waals surface area (Å²) in [4.78, 5) is 10.7. The van der Waals surface area contributed by atoms with Crippen LogP contribution in [0.1, 0.15) is 6.92 Å². The Morgan fingerprint density at radius 1 is 1.00 bits per heavy atom. The van der Waals surface area contributed by atoms with Crippen LogP contribution in [0.25, 0.3) is 0 Å². The minimum Gasteiger partial charge on any atom is -0.279 e. The predicted molar refractivity (Wildman–Crippen MR) is 90.3 cm³/mol. The fourth-order valence-electron chi connectivity index (χ4n) is 1.60. The number of rotatable bonds is 5. The average molecular weight is 439 g/mol. The summed E-state index contributed by atoms with van der Waals surface area (Å²) < 4.78 is 52.8. The van der Waals surface area contributed by atoms with Crippen molar-refractivity contribution in [3.63, 3.8) is 0 Å². The summed E-state index contributed by atoms with van der Waals surface area (Å²) in [5.74, 6) is -0.710. The Balaban J connectivity index is 2.22. The molecule has 0 fully saturated rings. The first-order chi connectivity index (χ1) is 10.6. The van der Waals surface area contributed by atoms with E-state index in [2.05, 4.69) is 20.7 Å². The molecular weight excluding hydrogens is 428 g/mol. The topological polar surface area (TPSA) is 109 Å². The van der Waals surface area contributed by atoms with Gasteiger partial charge in [0, 0.05) is 12.6 Å². The van der Waals surface area contributed by atoms with Gasteiger partial charge in [0.2, 0.25) is 5.91 Å². The van der Waals surface area contributed by atoms with Gasteiger partial charge in [0.25, 0.3) is 20.0 Å². The lowest BCUT2D eigenvalue weighted by Gasteiger charge is -2.08.